The maximum Gasteiger partial charge on any atom is 0.245 e. The van der Waals surface area contributed by atoms with Crippen molar-refractivity contribution in [1.82, 2.24) is 15.5 Å². The van der Waals surface area contributed by atoms with Gasteiger partial charge in [-0.2, -0.15) is 0 Å². The first-order valence-corrected chi connectivity index (χ1v) is 12.5. The maximum atomic E-state index is 13.6. The van der Waals surface area contributed by atoms with Crippen molar-refractivity contribution in [1.29, 1.82) is 0 Å². The molecule has 39 heavy (non-hydrogen) atoms. The molecule has 0 bridgehead atoms. The molecule has 12 nitrogen and oxygen atoms in total. The van der Waals surface area contributed by atoms with Crippen LogP contribution in [-0.4, -0.2) is 71.3 Å². The molecule has 0 aliphatic heterocycles. The zero-order valence-corrected chi connectivity index (χ0v) is 22.2. The minimum absolute atomic E-state index is 0.0632. The first kappa shape index (κ1) is 30.6. The Labute approximate surface area is 227 Å². The fourth-order valence-corrected chi connectivity index (χ4v) is 4.02. The third-order valence-electron chi connectivity index (χ3n) is 6.05. The van der Waals surface area contributed by atoms with Gasteiger partial charge in [-0.15, -0.1) is 0 Å². The number of nitrogens with one attached hydrogen (secondary N) is 2. The van der Waals surface area contributed by atoms with Gasteiger partial charge >= 0.3 is 0 Å². The maximum absolute atomic E-state index is 13.6. The Kier molecular flexibility index (Phi) is 11.7. The summed E-state index contributed by atoms with van der Waals surface area (Å²) in [4.78, 5) is 56.2. The fraction of sp³-hybridized carbons (Fsp3) is 0.370. The minimum atomic E-state index is -1.05. The zero-order chi connectivity index (χ0) is 28.9. The van der Waals surface area contributed by atoms with E-state index in [4.69, 9.17) is 17.2 Å². The van der Waals surface area contributed by atoms with Gasteiger partial charge in [0.25, 0.3) is 0 Å². The third kappa shape index (κ3) is 10.3. The van der Waals surface area contributed by atoms with E-state index in [9.17, 15) is 24.3 Å². The van der Waals surface area contributed by atoms with Gasteiger partial charge in [-0.3, -0.25) is 24.2 Å². The molecule has 0 aliphatic carbocycles. The second kappa shape index (κ2) is 15.0. The number of phenolic OH excluding ortho intramolecular Hbond substituents is 1. The van der Waals surface area contributed by atoms with Gasteiger partial charge in [0, 0.05) is 33.4 Å². The van der Waals surface area contributed by atoms with Crippen molar-refractivity contribution in [3.05, 3.63) is 65.7 Å². The average Bonchev–Trinajstić information content (AvgIpc) is 2.89. The highest BCUT2D eigenvalue weighted by Crippen LogP contribution is 2.14. The van der Waals surface area contributed by atoms with E-state index in [1.54, 1.807) is 12.1 Å². The first-order valence-electron chi connectivity index (χ1n) is 12.5. The minimum Gasteiger partial charge on any atom is -0.508 e. The molecule has 9 N–H and O–H groups in total. The summed E-state index contributed by atoms with van der Waals surface area (Å²) in [5.74, 6) is -2.28. The predicted molar refractivity (Wildman–Crippen MR) is 147 cm³/mol. The lowest BCUT2D eigenvalue weighted by atomic mass is 10.0. The van der Waals surface area contributed by atoms with Gasteiger partial charge in [0.1, 0.15) is 23.9 Å². The SMILES string of the molecule is CC(=O)NC(Cc1ccc(O)cc1)C(=O)NC(CCCN=C(N)N)C(=O)N(C)C(Cc1ccccc1)C(N)=O. The standard InChI is InChI=1S/C27H37N7O5/c1-17(35)32-22(15-19-10-12-20(36)13-11-19)25(38)33-21(9-6-14-31-27(29)30)26(39)34(2)23(24(28)37)16-18-7-4-3-5-8-18/h3-5,7-8,10-13,21-23,36H,6,9,14-16H2,1-2H3,(H2,28,37)(H,32,35)(H,33,38)(H4,29,30,31). The van der Waals surface area contributed by atoms with Crippen LogP contribution in [0.15, 0.2) is 59.6 Å². The van der Waals surface area contributed by atoms with Crippen molar-refractivity contribution in [2.75, 3.05) is 13.6 Å². The topological polar surface area (TPSA) is 206 Å². The molecule has 4 amide bonds. The number of amides is 4. The number of likely N-dealkylation sites (N-methyl/N-ethyl adjacent to an activating group) is 1. The number of benzene rings is 2. The molecule has 0 aromatic heterocycles. The van der Waals surface area contributed by atoms with Gasteiger partial charge in [0.2, 0.25) is 23.6 Å². The fourth-order valence-electron chi connectivity index (χ4n) is 4.02. The van der Waals surface area contributed by atoms with Crippen LogP contribution in [0.25, 0.3) is 0 Å². The highest BCUT2D eigenvalue weighted by atomic mass is 16.3. The van der Waals surface area contributed by atoms with Crippen LogP contribution in [0.3, 0.4) is 0 Å². The number of hydrogen-bond acceptors (Lipinski definition) is 6. The normalized spacial score (nSPS) is 12.9. The summed E-state index contributed by atoms with van der Waals surface area (Å²) in [7, 11) is 1.46. The predicted octanol–water partition coefficient (Wildman–Crippen LogP) is -0.467. The van der Waals surface area contributed by atoms with E-state index in [1.807, 2.05) is 30.3 Å². The largest absolute Gasteiger partial charge is 0.508 e. The number of aliphatic imine (C=N–C) groups is 1. The third-order valence-corrected chi connectivity index (χ3v) is 6.05. The lowest BCUT2D eigenvalue weighted by Crippen LogP contribution is -2.57. The smallest absolute Gasteiger partial charge is 0.245 e. The molecule has 3 unspecified atom stereocenters. The summed E-state index contributed by atoms with van der Waals surface area (Å²) < 4.78 is 0. The molecule has 0 saturated carbocycles. The van der Waals surface area contributed by atoms with Crippen LogP contribution in [0.5, 0.6) is 5.75 Å². The Morgan fingerprint density at radius 3 is 2.08 bits per heavy atom. The van der Waals surface area contributed by atoms with E-state index >= 15 is 0 Å². The van der Waals surface area contributed by atoms with Crippen LogP contribution in [0, 0.1) is 0 Å². The Morgan fingerprint density at radius 1 is 0.897 bits per heavy atom. The Morgan fingerprint density at radius 2 is 1.51 bits per heavy atom. The van der Waals surface area contributed by atoms with Crippen molar-refractivity contribution in [3.8, 4) is 5.75 Å². The molecule has 0 radical (unpaired) electrons. The monoisotopic (exact) mass is 539 g/mol. The van der Waals surface area contributed by atoms with Crippen molar-refractivity contribution < 1.29 is 24.3 Å². The molecule has 2 aromatic rings. The molecule has 3 atom stereocenters. The number of nitrogens with zero attached hydrogens (tertiary/aromatic N) is 2. The molecular formula is C27H37N7O5. The van der Waals surface area contributed by atoms with Crippen LogP contribution in [0.2, 0.25) is 0 Å². The molecular weight excluding hydrogens is 502 g/mol. The number of carbonyl (C=O) groups is 4. The highest BCUT2D eigenvalue weighted by Gasteiger charge is 2.32. The Bertz CT molecular complexity index is 1150. The number of phenols is 1. The lowest BCUT2D eigenvalue weighted by molar-refractivity contribution is -0.141. The molecule has 0 fully saturated rings. The summed E-state index contributed by atoms with van der Waals surface area (Å²) in [6.07, 6.45) is 0.830. The van der Waals surface area contributed by atoms with E-state index in [0.29, 0.717) is 12.0 Å². The molecule has 2 aromatic carbocycles. The summed E-state index contributed by atoms with van der Waals surface area (Å²) >= 11 is 0. The zero-order valence-electron chi connectivity index (χ0n) is 22.2. The summed E-state index contributed by atoms with van der Waals surface area (Å²) in [6.45, 7) is 1.50. The van der Waals surface area contributed by atoms with Crippen molar-refractivity contribution in [2.24, 2.45) is 22.2 Å². The van der Waals surface area contributed by atoms with Gasteiger partial charge in [-0.1, -0.05) is 42.5 Å². The van der Waals surface area contributed by atoms with E-state index in [1.165, 1.54) is 31.0 Å². The molecule has 0 aliphatic rings. The van der Waals surface area contributed by atoms with Gasteiger partial charge < -0.3 is 37.8 Å². The van der Waals surface area contributed by atoms with E-state index in [0.717, 1.165) is 5.56 Å². The number of hydrogen-bond donors (Lipinski definition) is 6. The molecule has 2 rings (SSSR count). The summed E-state index contributed by atoms with van der Waals surface area (Å²) in [5.41, 5.74) is 17.9. The molecule has 12 heteroatoms. The molecule has 0 saturated heterocycles. The van der Waals surface area contributed by atoms with Gasteiger partial charge in [-0.25, -0.2) is 0 Å². The average molecular weight is 540 g/mol. The van der Waals surface area contributed by atoms with Crippen molar-refractivity contribution in [3.63, 3.8) is 0 Å². The van der Waals surface area contributed by atoms with E-state index in [2.05, 4.69) is 15.6 Å². The molecule has 0 heterocycles. The summed E-state index contributed by atoms with van der Waals surface area (Å²) in [6, 6.07) is 12.3. The van der Waals surface area contributed by atoms with Gasteiger partial charge in [-0.05, 0) is 36.1 Å². The number of nitrogens with two attached hydrogens (primary N) is 3. The lowest BCUT2D eigenvalue weighted by Gasteiger charge is -2.31. The Balaban J connectivity index is 2.26. The van der Waals surface area contributed by atoms with E-state index < -0.39 is 41.8 Å². The second-order valence-electron chi connectivity index (χ2n) is 9.19. The number of guanidine groups is 1. The number of carbonyl (C=O) groups excluding carboxylic acids is 4. The van der Waals surface area contributed by atoms with Crippen molar-refractivity contribution >= 4 is 29.6 Å². The number of aromatic hydroxyl groups is 1. The van der Waals surface area contributed by atoms with Crippen LogP contribution in [-0.2, 0) is 32.0 Å². The summed E-state index contributed by atoms with van der Waals surface area (Å²) in [5, 5.41) is 14.9. The highest BCUT2D eigenvalue weighted by molar-refractivity contribution is 5.94. The van der Waals surface area contributed by atoms with Crippen LogP contribution in [0.1, 0.15) is 30.9 Å². The van der Waals surface area contributed by atoms with Gasteiger partial charge in [0.15, 0.2) is 5.96 Å². The number of primary amides is 1. The molecule has 210 valence electrons. The second-order valence-corrected chi connectivity index (χ2v) is 9.19. The first-order chi connectivity index (χ1) is 18.5. The van der Waals surface area contributed by atoms with E-state index in [-0.39, 0.29) is 37.5 Å². The molecule has 0 spiro atoms. The van der Waals surface area contributed by atoms with Crippen molar-refractivity contribution in [2.45, 2.75) is 50.7 Å². The number of rotatable bonds is 14. The Hall–Kier alpha value is -4.61. The van der Waals surface area contributed by atoms with Crippen LogP contribution < -0.4 is 27.8 Å². The quantitative estimate of drug-likeness (QED) is 0.106. The van der Waals surface area contributed by atoms with Gasteiger partial charge in [0.05, 0.1) is 0 Å². The van der Waals surface area contributed by atoms with Crippen LogP contribution >= 0.6 is 0 Å². The van der Waals surface area contributed by atoms with Crippen LogP contribution in [0.4, 0.5) is 0 Å².